The van der Waals surface area contributed by atoms with Crippen molar-refractivity contribution >= 4 is 5.91 Å². The van der Waals surface area contributed by atoms with Gasteiger partial charge in [0.05, 0.1) is 5.92 Å². The quantitative estimate of drug-likeness (QED) is 0.442. The van der Waals surface area contributed by atoms with Crippen LogP contribution < -0.4 is 16.4 Å². The zero-order chi connectivity index (χ0) is 8.27. The Morgan fingerprint density at radius 1 is 1.45 bits per heavy atom. The van der Waals surface area contributed by atoms with Gasteiger partial charge in [0, 0.05) is 25.7 Å². The Bertz CT molecular complexity index is 149. The molecule has 2 unspecified atom stereocenters. The van der Waals surface area contributed by atoms with Crippen LogP contribution in [0.15, 0.2) is 0 Å². The fraction of sp³-hybridized carbons (Fsp3) is 0.857. The maximum absolute atomic E-state index is 10.8. The molecule has 0 aliphatic carbocycles. The van der Waals surface area contributed by atoms with Crippen molar-refractivity contribution in [2.45, 2.75) is 13.0 Å². The first-order chi connectivity index (χ1) is 5.20. The predicted molar refractivity (Wildman–Crippen MR) is 43.0 cm³/mol. The fourth-order valence-corrected chi connectivity index (χ4v) is 1.16. The minimum atomic E-state index is -0.223. The average molecular weight is 157 g/mol. The fourth-order valence-electron chi connectivity index (χ4n) is 1.16. The Hall–Kier alpha value is -0.610. The number of primary amides is 1. The average Bonchev–Trinajstić information content (AvgIpc) is 2.13. The molecule has 0 spiro atoms. The maximum Gasteiger partial charge on any atom is 0.223 e. The summed E-state index contributed by atoms with van der Waals surface area (Å²) in [4.78, 5) is 10.8. The number of nitrogens with one attached hydrogen (secondary N) is 2. The lowest BCUT2D eigenvalue weighted by molar-refractivity contribution is -0.121. The number of rotatable bonds is 1. The Labute approximate surface area is 66.5 Å². The van der Waals surface area contributed by atoms with Crippen LogP contribution in [-0.4, -0.2) is 31.6 Å². The van der Waals surface area contributed by atoms with Crippen molar-refractivity contribution in [3.8, 4) is 0 Å². The molecule has 1 aliphatic heterocycles. The minimum Gasteiger partial charge on any atom is -0.369 e. The van der Waals surface area contributed by atoms with Crippen molar-refractivity contribution in [1.82, 2.24) is 10.6 Å². The number of carbonyl (C=O) groups excluding carboxylic acids is 1. The third kappa shape index (κ3) is 2.48. The SMILES string of the molecule is CC1CNCC(C(N)=O)CN1. The van der Waals surface area contributed by atoms with Gasteiger partial charge in [-0.25, -0.2) is 0 Å². The minimum absolute atomic E-state index is 0.0556. The molecule has 1 heterocycles. The van der Waals surface area contributed by atoms with Gasteiger partial charge in [-0.3, -0.25) is 4.79 Å². The Morgan fingerprint density at radius 3 is 2.82 bits per heavy atom. The second-order valence-corrected chi connectivity index (χ2v) is 3.07. The van der Waals surface area contributed by atoms with E-state index in [1.54, 1.807) is 0 Å². The zero-order valence-corrected chi connectivity index (χ0v) is 6.76. The molecule has 0 aromatic carbocycles. The summed E-state index contributed by atoms with van der Waals surface area (Å²) in [5.41, 5.74) is 5.16. The third-order valence-electron chi connectivity index (χ3n) is 1.96. The van der Waals surface area contributed by atoms with Gasteiger partial charge in [-0.2, -0.15) is 0 Å². The van der Waals surface area contributed by atoms with E-state index in [0.717, 1.165) is 6.54 Å². The molecule has 1 saturated heterocycles. The van der Waals surface area contributed by atoms with Gasteiger partial charge in [0.25, 0.3) is 0 Å². The number of hydrogen-bond acceptors (Lipinski definition) is 3. The van der Waals surface area contributed by atoms with Gasteiger partial charge in [0.2, 0.25) is 5.91 Å². The third-order valence-corrected chi connectivity index (χ3v) is 1.96. The van der Waals surface area contributed by atoms with E-state index in [9.17, 15) is 4.79 Å². The molecular formula is C7H15N3O. The molecule has 1 rings (SSSR count). The Balaban J connectivity index is 2.40. The maximum atomic E-state index is 10.8. The van der Waals surface area contributed by atoms with Crippen LogP contribution in [0, 0.1) is 5.92 Å². The molecule has 0 aromatic heterocycles. The molecule has 4 heteroatoms. The summed E-state index contributed by atoms with van der Waals surface area (Å²) >= 11 is 0. The lowest BCUT2D eigenvalue weighted by Gasteiger charge is -2.09. The molecule has 2 atom stereocenters. The lowest BCUT2D eigenvalue weighted by atomic mass is 10.1. The highest BCUT2D eigenvalue weighted by Gasteiger charge is 2.18. The highest BCUT2D eigenvalue weighted by atomic mass is 16.1. The molecule has 1 amide bonds. The van der Waals surface area contributed by atoms with Crippen molar-refractivity contribution < 1.29 is 4.79 Å². The van der Waals surface area contributed by atoms with E-state index in [0.29, 0.717) is 19.1 Å². The highest BCUT2D eigenvalue weighted by Crippen LogP contribution is 1.96. The molecule has 1 aliphatic rings. The molecule has 4 N–H and O–H groups in total. The van der Waals surface area contributed by atoms with E-state index in [1.807, 2.05) is 0 Å². The van der Waals surface area contributed by atoms with E-state index < -0.39 is 0 Å². The summed E-state index contributed by atoms with van der Waals surface area (Å²) in [5, 5.41) is 6.38. The van der Waals surface area contributed by atoms with Crippen LogP contribution in [-0.2, 0) is 4.79 Å². The normalized spacial score (nSPS) is 32.8. The van der Waals surface area contributed by atoms with Crippen LogP contribution in [0.5, 0.6) is 0 Å². The van der Waals surface area contributed by atoms with Crippen LogP contribution in [0.2, 0.25) is 0 Å². The van der Waals surface area contributed by atoms with Crippen molar-refractivity contribution in [2.75, 3.05) is 19.6 Å². The largest absolute Gasteiger partial charge is 0.369 e. The Morgan fingerprint density at radius 2 is 2.18 bits per heavy atom. The zero-order valence-electron chi connectivity index (χ0n) is 6.76. The first kappa shape index (κ1) is 8.49. The monoisotopic (exact) mass is 157 g/mol. The van der Waals surface area contributed by atoms with E-state index in [1.165, 1.54) is 0 Å². The Kier molecular flexibility index (Phi) is 2.84. The van der Waals surface area contributed by atoms with Gasteiger partial charge in [-0.15, -0.1) is 0 Å². The number of nitrogens with two attached hydrogens (primary N) is 1. The second kappa shape index (κ2) is 3.69. The summed E-state index contributed by atoms with van der Waals surface area (Å²) in [7, 11) is 0. The van der Waals surface area contributed by atoms with Crippen LogP contribution in [0.25, 0.3) is 0 Å². The number of amides is 1. The molecule has 0 radical (unpaired) electrons. The first-order valence-electron chi connectivity index (χ1n) is 3.93. The van der Waals surface area contributed by atoms with Crippen molar-refractivity contribution in [2.24, 2.45) is 11.7 Å². The second-order valence-electron chi connectivity index (χ2n) is 3.07. The van der Waals surface area contributed by atoms with E-state index >= 15 is 0 Å². The topological polar surface area (TPSA) is 67.1 Å². The van der Waals surface area contributed by atoms with Crippen molar-refractivity contribution in [3.05, 3.63) is 0 Å². The predicted octanol–water partition coefficient (Wildman–Crippen LogP) is -1.33. The molecular weight excluding hydrogens is 142 g/mol. The number of hydrogen-bond donors (Lipinski definition) is 3. The molecule has 64 valence electrons. The summed E-state index contributed by atoms with van der Waals surface area (Å²) in [6.07, 6.45) is 0. The summed E-state index contributed by atoms with van der Waals surface area (Å²) in [5.74, 6) is -0.279. The van der Waals surface area contributed by atoms with Gasteiger partial charge in [0.15, 0.2) is 0 Å². The summed E-state index contributed by atoms with van der Waals surface area (Å²) in [6.45, 7) is 4.39. The van der Waals surface area contributed by atoms with Crippen LogP contribution in [0.1, 0.15) is 6.92 Å². The van der Waals surface area contributed by atoms with Crippen LogP contribution in [0.3, 0.4) is 0 Å². The molecule has 0 saturated carbocycles. The van der Waals surface area contributed by atoms with Gasteiger partial charge in [0.1, 0.15) is 0 Å². The van der Waals surface area contributed by atoms with E-state index in [2.05, 4.69) is 17.6 Å². The first-order valence-corrected chi connectivity index (χ1v) is 3.93. The highest BCUT2D eigenvalue weighted by molar-refractivity contribution is 5.77. The summed E-state index contributed by atoms with van der Waals surface area (Å²) in [6, 6.07) is 0.430. The molecule has 0 bridgehead atoms. The van der Waals surface area contributed by atoms with Gasteiger partial charge in [-0.1, -0.05) is 0 Å². The van der Waals surface area contributed by atoms with Gasteiger partial charge < -0.3 is 16.4 Å². The molecule has 11 heavy (non-hydrogen) atoms. The van der Waals surface area contributed by atoms with Crippen LogP contribution >= 0.6 is 0 Å². The van der Waals surface area contributed by atoms with Crippen molar-refractivity contribution in [1.29, 1.82) is 0 Å². The standard InChI is InChI=1S/C7H15N3O/c1-5-2-9-3-6(4-10-5)7(8)11/h5-6,9-10H,2-4H2,1H3,(H2,8,11). The van der Waals surface area contributed by atoms with E-state index in [-0.39, 0.29) is 11.8 Å². The van der Waals surface area contributed by atoms with Crippen molar-refractivity contribution in [3.63, 3.8) is 0 Å². The van der Waals surface area contributed by atoms with Gasteiger partial charge >= 0.3 is 0 Å². The lowest BCUT2D eigenvalue weighted by Crippen LogP contribution is -2.36. The van der Waals surface area contributed by atoms with Crippen LogP contribution in [0.4, 0.5) is 0 Å². The molecule has 0 aromatic rings. The number of carbonyl (C=O) groups is 1. The summed E-state index contributed by atoms with van der Waals surface area (Å²) < 4.78 is 0. The molecule has 4 nitrogen and oxygen atoms in total. The molecule has 1 fully saturated rings. The van der Waals surface area contributed by atoms with E-state index in [4.69, 9.17) is 5.73 Å². The smallest absolute Gasteiger partial charge is 0.223 e. The van der Waals surface area contributed by atoms with Gasteiger partial charge in [-0.05, 0) is 6.92 Å².